The van der Waals surface area contributed by atoms with Gasteiger partial charge in [0.25, 0.3) is 5.91 Å². The van der Waals surface area contributed by atoms with E-state index in [1.54, 1.807) is 29.2 Å². The highest BCUT2D eigenvalue weighted by Crippen LogP contribution is 2.45. The van der Waals surface area contributed by atoms with E-state index < -0.39 is 17.9 Å². The summed E-state index contributed by atoms with van der Waals surface area (Å²) in [5.74, 6) is -1.97. The predicted octanol–water partition coefficient (Wildman–Crippen LogP) is 5.49. The topological polar surface area (TPSA) is 57.6 Å². The summed E-state index contributed by atoms with van der Waals surface area (Å²) in [6.45, 7) is 7.96. The van der Waals surface area contributed by atoms with Crippen molar-refractivity contribution < 1.29 is 14.7 Å². The molecule has 30 heavy (non-hydrogen) atoms. The number of aryl methyl sites for hydroxylation is 4. The van der Waals surface area contributed by atoms with Crippen molar-refractivity contribution in [3.63, 3.8) is 0 Å². The van der Waals surface area contributed by atoms with Crippen molar-refractivity contribution in [1.29, 1.82) is 0 Å². The number of carboxylic acids is 1. The fourth-order valence-electron chi connectivity index (χ4n) is 4.70. The van der Waals surface area contributed by atoms with Crippen LogP contribution < -0.4 is 4.90 Å². The summed E-state index contributed by atoms with van der Waals surface area (Å²) in [6, 6.07) is 18.4. The van der Waals surface area contributed by atoms with E-state index in [9.17, 15) is 14.7 Å². The predicted molar refractivity (Wildman–Crippen MR) is 118 cm³/mol. The van der Waals surface area contributed by atoms with Gasteiger partial charge >= 0.3 is 5.97 Å². The van der Waals surface area contributed by atoms with Crippen molar-refractivity contribution in [2.75, 3.05) is 4.90 Å². The van der Waals surface area contributed by atoms with Crippen LogP contribution >= 0.6 is 0 Å². The normalized spacial score (nSPS) is 18.3. The Bertz CT molecular complexity index is 1120. The number of anilines is 1. The van der Waals surface area contributed by atoms with Crippen LogP contribution in [0.1, 0.15) is 55.7 Å². The molecule has 0 aliphatic carbocycles. The van der Waals surface area contributed by atoms with Crippen LogP contribution in [0.3, 0.4) is 0 Å². The second-order valence-corrected chi connectivity index (χ2v) is 8.29. The molecule has 3 aromatic rings. The molecule has 0 spiro atoms. The van der Waals surface area contributed by atoms with Gasteiger partial charge in [0.15, 0.2) is 0 Å². The van der Waals surface area contributed by atoms with Crippen LogP contribution in [0.25, 0.3) is 0 Å². The number of carboxylic acid groups (broad SMARTS) is 1. The molecule has 0 unspecified atom stereocenters. The maximum absolute atomic E-state index is 13.7. The van der Waals surface area contributed by atoms with Crippen molar-refractivity contribution in [3.05, 3.63) is 99.6 Å². The second-order valence-electron chi connectivity index (χ2n) is 8.29. The zero-order chi connectivity index (χ0) is 21.6. The number of aliphatic carboxylic acids is 1. The van der Waals surface area contributed by atoms with E-state index in [2.05, 4.69) is 6.07 Å². The Labute approximate surface area is 176 Å². The van der Waals surface area contributed by atoms with Gasteiger partial charge in [-0.25, -0.2) is 0 Å². The molecule has 0 fully saturated rings. The first-order chi connectivity index (χ1) is 14.3. The summed E-state index contributed by atoms with van der Waals surface area (Å²) in [5.41, 5.74) is 6.72. The molecule has 0 bridgehead atoms. The van der Waals surface area contributed by atoms with Crippen molar-refractivity contribution in [3.8, 4) is 0 Å². The van der Waals surface area contributed by atoms with Gasteiger partial charge < -0.3 is 5.11 Å². The zero-order valence-corrected chi connectivity index (χ0v) is 17.6. The Morgan fingerprint density at radius 2 is 1.37 bits per heavy atom. The first-order valence-corrected chi connectivity index (χ1v) is 10.1. The molecule has 3 aromatic carbocycles. The van der Waals surface area contributed by atoms with Gasteiger partial charge in [0.05, 0.1) is 6.04 Å². The fraction of sp³-hybridized carbons (Fsp3) is 0.231. The van der Waals surface area contributed by atoms with Crippen molar-refractivity contribution in [2.24, 2.45) is 0 Å². The fourth-order valence-corrected chi connectivity index (χ4v) is 4.70. The molecule has 0 saturated carbocycles. The van der Waals surface area contributed by atoms with Crippen LogP contribution in [-0.4, -0.2) is 17.0 Å². The highest BCUT2D eigenvalue weighted by atomic mass is 16.4. The first kappa shape index (κ1) is 19.9. The summed E-state index contributed by atoms with van der Waals surface area (Å²) in [7, 11) is 0. The monoisotopic (exact) mass is 399 g/mol. The van der Waals surface area contributed by atoms with Crippen molar-refractivity contribution >= 4 is 17.6 Å². The van der Waals surface area contributed by atoms with Crippen LogP contribution in [0, 0.1) is 27.7 Å². The Hall–Kier alpha value is -3.40. The van der Waals surface area contributed by atoms with Gasteiger partial charge in [0.1, 0.15) is 5.92 Å². The third kappa shape index (κ3) is 3.39. The molecule has 0 aromatic heterocycles. The molecule has 1 aliphatic heterocycles. The van der Waals surface area contributed by atoms with Crippen molar-refractivity contribution in [1.82, 2.24) is 0 Å². The second kappa shape index (κ2) is 7.45. The van der Waals surface area contributed by atoms with Gasteiger partial charge in [-0.05, 0) is 68.1 Å². The third-order valence-electron chi connectivity index (χ3n) is 5.68. The minimum absolute atomic E-state index is 0.169. The summed E-state index contributed by atoms with van der Waals surface area (Å²) in [6.07, 6.45) is 0. The molecule has 152 valence electrons. The molecule has 4 rings (SSSR count). The maximum atomic E-state index is 13.7. The molecule has 1 amide bonds. The summed E-state index contributed by atoms with van der Waals surface area (Å²) in [5, 5.41) is 10.3. The van der Waals surface area contributed by atoms with Gasteiger partial charge in [-0.1, -0.05) is 53.6 Å². The van der Waals surface area contributed by atoms with Gasteiger partial charge in [-0.3, -0.25) is 14.5 Å². The van der Waals surface area contributed by atoms with Crippen molar-refractivity contribution in [2.45, 2.75) is 39.7 Å². The summed E-state index contributed by atoms with van der Waals surface area (Å²) < 4.78 is 0. The minimum atomic E-state index is -0.937. The number of fused-ring (bicyclic) bond motifs is 1. The van der Waals surface area contributed by atoms with E-state index in [4.69, 9.17) is 0 Å². The van der Waals surface area contributed by atoms with E-state index >= 15 is 0 Å². The van der Waals surface area contributed by atoms with E-state index in [1.165, 1.54) is 0 Å². The van der Waals surface area contributed by atoms with E-state index in [0.29, 0.717) is 11.1 Å². The first-order valence-electron chi connectivity index (χ1n) is 10.1. The summed E-state index contributed by atoms with van der Waals surface area (Å²) >= 11 is 0. The van der Waals surface area contributed by atoms with E-state index in [0.717, 1.165) is 33.5 Å². The largest absolute Gasteiger partial charge is 0.481 e. The van der Waals surface area contributed by atoms with Crippen LogP contribution in [0.15, 0.2) is 60.7 Å². The highest BCUT2D eigenvalue weighted by molar-refractivity contribution is 6.11. The number of benzene rings is 3. The van der Waals surface area contributed by atoms with Gasteiger partial charge in [0.2, 0.25) is 0 Å². The SMILES string of the molecule is Cc1cc(C)cc([C@H]2[C@H](C(=O)O)c3ccccc3C(=O)N2c2cc(C)cc(C)c2)c1. The van der Waals surface area contributed by atoms with Gasteiger partial charge in [-0.15, -0.1) is 0 Å². The molecule has 4 heteroatoms. The average Bonchev–Trinajstić information content (AvgIpc) is 2.66. The van der Waals surface area contributed by atoms with Crippen LogP contribution in [0.5, 0.6) is 0 Å². The van der Waals surface area contributed by atoms with Crippen LogP contribution in [0.4, 0.5) is 5.69 Å². The number of amides is 1. The average molecular weight is 399 g/mol. The molecule has 0 radical (unpaired) electrons. The Balaban J connectivity index is 2.04. The molecule has 1 heterocycles. The smallest absolute Gasteiger partial charge is 0.313 e. The third-order valence-corrected chi connectivity index (χ3v) is 5.68. The lowest BCUT2D eigenvalue weighted by Crippen LogP contribution is -2.45. The standard InChI is InChI=1S/C26H25NO3/c1-15-9-16(2)12-19(11-15)24-23(26(29)30)21-7-5-6-8-22(21)25(28)27(24)20-13-17(3)10-18(4)14-20/h5-14,23-24H,1-4H3,(H,29,30)/t23-,24+/m1/s1. The van der Waals surface area contributed by atoms with E-state index in [-0.39, 0.29) is 5.91 Å². The van der Waals surface area contributed by atoms with Crippen LogP contribution in [-0.2, 0) is 4.79 Å². The molecular formula is C26H25NO3. The van der Waals surface area contributed by atoms with E-state index in [1.807, 2.05) is 58.0 Å². The molecule has 2 atom stereocenters. The number of carbonyl (C=O) groups is 2. The zero-order valence-electron chi connectivity index (χ0n) is 17.6. The van der Waals surface area contributed by atoms with Gasteiger partial charge in [0, 0.05) is 11.3 Å². The molecule has 1 N–H and O–H groups in total. The minimum Gasteiger partial charge on any atom is -0.481 e. The lowest BCUT2D eigenvalue weighted by atomic mass is 9.79. The molecule has 1 aliphatic rings. The number of hydrogen-bond acceptors (Lipinski definition) is 2. The number of hydrogen-bond donors (Lipinski definition) is 1. The molecule has 4 nitrogen and oxygen atoms in total. The lowest BCUT2D eigenvalue weighted by Gasteiger charge is -2.41. The maximum Gasteiger partial charge on any atom is 0.313 e. The summed E-state index contributed by atoms with van der Waals surface area (Å²) in [4.78, 5) is 27.9. The Kier molecular flexibility index (Phi) is 4.94. The highest BCUT2D eigenvalue weighted by Gasteiger charge is 2.45. The van der Waals surface area contributed by atoms with Crippen LogP contribution in [0.2, 0.25) is 0 Å². The van der Waals surface area contributed by atoms with Gasteiger partial charge in [-0.2, -0.15) is 0 Å². The molecule has 0 saturated heterocycles. The number of carbonyl (C=O) groups excluding carboxylic acids is 1. The quantitative estimate of drug-likeness (QED) is 0.633. The Morgan fingerprint density at radius 3 is 1.93 bits per heavy atom. The lowest BCUT2D eigenvalue weighted by molar-refractivity contribution is -0.139. The molecular weight excluding hydrogens is 374 g/mol. The Morgan fingerprint density at radius 1 is 0.833 bits per heavy atom. The number of nitrogens with zero attached hydrogens (tertiary/aromatic N) is 1. The number of rotatable bonds is 3.